The molecular formula is C14H30N2O2. The molecule has 0 aliphatic heterocycles. The van der Waals surface area contributed by atoms with E-state index >= 15 is 0 Å². The average molecular weight is 258 g/mol. The van der Waals surface area contributed by atoms with Crippen LogP contribution < -0.4 is 5.32 Å². The minimum Gasteiger partial charge on any atom is -0.380 e. The quantitative estimate of drug-likeness (QED) is 0.332. The molecule has 0 aliphatic carbocycles. The number of rotatable bonds is 12. The van der Waals surface area contributed by atoms with Gasteiger partial charge in [0.25, 0.3) is 0 Å². The molecular weight excluding hydrogens is 228 g/mol. The molecule has 0 aromatic rings. The Labute approximate surface area is 112 Å². The van der Waals surface area contributed by atoms with Gasteiger partial charge in [0.15, 0.2) is 0 Å². The summed E-state index contributed by atoms with van der Waals surface area (Å²) in [4.78, 5) is 4.56. The molecule has 0 heterocycles. The van der Waals surface area contributed by atoms with Crippen LogP contribution in [0.1, 0.15) is 46.5 Å². The first-order valence-corrected chi connectivity index (χ1v) is 7.27. The van der Waals surface area contributed by atoms with E-state index in [0.717, 1.165) is 45.2 Å². The van der Waals surface area contributed by atoms with Crippen LogP contribution in [0.25, 0.3) is 0 Å². The highest BCUT2D eigenvalue weighted by atomic mass is 16.5. The zero-order chi connectivity index (χ0) is 13.5. The van der Waals surface area contributed by atoms with Crippen LogP contribution in [0, 0.1) is 0 Å². The van der Waals surface area contributed by atoms with Crippen LogP contribution >= 0.6 is 0 Å². The summed E-state index contributed by atoms with van der Waals surface area (Å²) in [5.74, 6) is 1.10. The fourth-order valence-corrected chi connectivity index (χ4v) is 1.57. The van der Waals surface area contributed by atoms with Crippen molar-refractivity contribution in [1.29, 1.82) is 0 Å². The Balaban J connectivity index is 3.82. The second-order valence-corrected chi connectivity index (χ2v) is 4.11. The average Bonchev–Trinajstić information content (AvgIpc) is 2.39. The SMILES string of the molecule is CCCCCC(=NCCOCC)NCCOCC. The third-order valence-corrected chi connectivity index (χ3v) is 2.54. The van der Waals surface area contributed by atoms with Gasteiger partial charge < -0.3 is 14.8 Å². The summed E-state index contributed by atoms with van der Waals surface area (Å²) in [7, 11) is 0. The van der Waals surface area contributed by atoms with Gasteiger partial charge in [-0.2, -0.15) is 0 Å². The van der Waals surface area contributed by atoms with E-state index in [1.54, 1.807) is 0 Å². The van der Waals surface area contributed by atoms with Crippen molar-refractivity contribution in [1.82, 2.24) is 5.32 Å². The first-order chi connectivity index (χ1) is 8.85. The van der Waals surface area contributed by atoms with Crippen LogP contribution in [-0.2, 0) is 9.47 Å². The van der Waals surface area contributed by atoms with Crippen LogP contribution in [0.4, 0.5) is 0 Å². The summed E-state index contributed by atoms with van der Waals surface area (Å²) < 4.78 is 10.6. The van der Waals surface area contributed by atoms with Gasteiger partial charge in [-0.25, -0.2) is 0 Å². The highest BCUT2D eigenvalue weighted by Crippen LogP contribution is 1.99. The molecule has 0 amide bonds. The van der Waals surface area contributed by atoms with Gasteiger partial charge in [0.05, 0.1) is 25.6 Å². The Morgan fingerprint density at radius 1 is 1.00 bits per heavy atom. The van der Waals surface area contributed by atoms with Crippen LogP contribution in [0.15, 0.2) is 4.99 Å². The third-order valence-electron chi connectivity index (χ3n) is 2.54. The van der Waals surface area contributed by atoms with E-state index < -0.39 is 0 Å². The number of hydrogen-bond acceptors (Lipinski definition) is 3. The van der Waals surface area contributed by atoms with Gasteiger partial charge in [-0.05, 0) is 20.3 Å². The normalized spacial score (nSPS) is 11.8. The number of ether oxygens (including phenoxy) is 2. The first kappa shape index (κ1) is 17.4. The molecule has 0 aliphatic rings. The van der Waals surface area contributed by atoms with Crippen molar-refractivity contribution in [3.05, 3.63) is 0 Å². The molecule has 0 atom stereocenters. The number of unbranched alkanes of at least 4 members (excludes halogenated alkanes) is 2. The molecule has 0 unspecified atom stereocenters. The van der Waals surface area contributed by atoms with Gasteiger partial charge in [0.2, 0.25) is 0 Å². The minimum absolute atomic E-state index is 0.709. The van der Waals surface area contributed by atoms with E-state index in [1.807, 2.05) is 13.8 Å². The van der Waals surface area contributed by atoms with Crippen molar-refractivity contribution < 1.29 is 9.47 Å². The lowest BCUT2D eigenvalue weighted by atomic mass is 10.2. The molecule has 1 N–H and O–H groups in total. The lowest BCUT2D eigenvalue weighted by Crippen LogP contribution is -2.28. The van der Waals surface area contributed by atoms with Gasteiger partial charge in [-0.3, -0.25) is 4.99 Å². The number of amidine groups is 1. The second kappa shape index (κ2) is 14.5. The van der Waals surface area contributed by atoms with Crippen molar-refractivity contribution in [3.63, 3.8) is 0 Å². The molecule has 0 spiro atoms. The molecule has 0 rings (SSSR count). The topological polar surface area (TPSA) is 42.8 Å². The standard InChI is InChI=1S/C14H30N2O2/c1-4-7-8-9-14(15-10-12-17-5-2)16-11-13-18-6-3/h4-13H2,1-3H3,(H,15,16). The maximum atomic E-state index is 5.31. The summed E-state index contributed by atoms with van der Waals surface area (Å²) in [6.45, 7) is 10.8. The van der Waals surface area contributed by atoms with Crippen LogP contribution in [-0.4, -0.2) is 45.4 Å². The zero-order valence-corrected chi connectivity index (χ0v) is 12.3. The molecule has 4 heteroatoms. The Morgan fingerprint density at radius 3 is 2.39 bits per heavy atom. The Kier molecular flexibility index (Phi) is 14.0. The highest BCUT2D eigenvalue weighted by Gasteiger charge is 1.98. The van der Waals surface area contributed by atoms with Crippen LogP contribution in [0.5, 0.6) is 0 Å². The Hall–Kier alpha value is -0.610. The molecule has 0 fully saturated rings. The number of aliphatic imine (C=N–C) groups is 1. The molecule has 18 heavy (non-hydrogen) atoms. The van der Waals surface area contributed by atoms with Gasteiger partial charge >= 0.3 is 0 Å². The molecule has 0 bridgehead atoms. The highest BCUT2D eigenvalue weighted by molar-refractivity contribution is 5.82. The molecule has 4 nitrogen and oxygen atoms in total. The second-order valence-electron chi connectivity index (χ2n) is 4.11. The van der Waals surface area contributed by atoms with Crippen LogP contribution in [0.2, 0.25) is 0 Å². The number of nitrogens with one attached hydrogen (secondary N) is 1. The lowest BCUT2D eigenvalue weighted by molar-refractivity contribution is 0.152. The van der Waals surface area contributed by atoms with E-state index in [4.69, 9.17) is 9.47 Å². The first-order valence-electron chi connectivity index (χ1n) is 7.27. The molecule has 0 aromatic carbocycles. The van der Waals surface area contributed by atoms with E-state index in [0.29, 0.717) is 6.61 Å². The maximum absolute atomic E-state index is 5.31. The van der Waals surface area contributed by atoms with Crippen molar-refractivity contribution >= 4 is 5.84 Å². The summed E-state index contributed by atoms with van der Waals surface area (Å²) in [5, 5.41) is 3.36. The number of hydrogen-bond donors (Lipinski definition) is 1. The van der Waals surface area contributed by atoms with E-state index in [-0.39, 0.29) is 0 Å². The van der Waals surface area contributed by atoms with Crippen LogP contribution in [0.3, 0.4) is 0 Å². The third kappa shape index (κ3) is 11.9. The van der Waals surface area contributed by atoms with Gasteiger partial charge in [0.1, 0.15) is 0 Å². The molecule has 108 valence electrons. The van der Waals surface area contributed by atoms with Gasteiger partial charge in [-0.15, -0.1) is 0 Å². The van der Waals surface area contributed by atoms with Crippen molar-refractivity contribution in [2.45, 2.75) is 46.5 Å². The van der Waals surface area contributed by atoms with E-state index in [2.05, 4.69) is 17.2 Å². The van der Waals surface area contributed by atoms with Crippen molar-refractivity contribution in [2.75, 3.05) is 39.5 Å². The molecule has 0 aromatic heterocycles. The predicted octanol–water partition coefficient (Wildman–Crippen LogP) is 2.63. The molecule has 0 saturated carbocycles. The number of nitrogens with zero attached hydrogens (tertiary/aromatic N) is 1. The Morgan fingerprint density at radius 2 is 1.72 bits per heavy atom. The maximum Gasteiger partial charge on any atom is 0.0964 e. The van der Waals surface area contributed by atoms with Crippen molar-refractivity contribution in [2.24, 2.45) is 4.99 Å². The summed E-state index contributed by atoms with van der Waals surface area (Å²) in [5.41, 5.74) is 0. The van der Waals surface area contributed by atoms with Gasteiger partial charge in [-0.1, -0.05) is 19.8 Å². The van der Waals surface area contributed by atoms with Gasteiger partial charge in [0, 0.05) is 26.2 Å². The molecule has 0 radical (unpaired) electrons. The Bertz CT molecular complexity index is 196. The summed E-state index contributed by atoms with van der Waals surface area (Å²) in [6, 6.07) is 0. The smallest absolute Gasteiger partial charge is 0.0964 e. The predicted molar refractivity (Wildman–Crippen MR) is 77.4 cm³/mol. The van der Waals surface area contributed by atoms with E-state index in [1.165, 1.54) is 19.3 Å². The summed E-state index contributed by atoms with van der Waals surface area (Å²) in [6.07, 6.45) is 4.74. The zero-order valence-electron chi connectivity index (χ0n) is 12.3. The molecule has 0 saturated heterocycles. The lowest BCUT2D eigenvalue weighted by Gasteiger charge is -2.10. The fourth-order valence-electron chi connectivity index (χ4n) is 1.57. The minimum atomic E-state index is 0.709. The van der Waals surface area contributed by atoms with E-state index in [9.17, 15) is 0 Å². The summed E-state index contributed by atoms with van der Waals surface area (Å²) >= 11 is 0. The van der Waals surface area contributed by atoms with Crippen molar-refractivity contribution in [3.8, 4) is 0 Å². The largest absolute Gasteiger partial charge is 0.380 e. The fraction of sp³-hybridized carbons (Fsp3) is 0.929. The monoisotopic (exact) mass is 258 g/mol.